The number of carbonyl (C=O) groups is 3. The highest BCUT2D eigenvalue weighted by molar-refractivity contribution is 5.71. The van der Waals surface area contributed by atoms with E-state index in [0.717, 1.165) is 109 Å². The van der Waals surface area contributed by atoms with Crippen molar-refractivity contribution in [3.8, 4) is 0 Å². The molecule has 0 aliphatic heterocycles. The van der Waals surface area contributed by atoms with E-state index in [-0.39, 0.29) is 31.1 Å². The average Bonchev–Trinajstić information content (AvgIpc) is 3.30. The zero-order chi connectivity index (χ0) is 47.2. The summed E-state index contributed by atoms with van der Waals surface area (Å²) in [6.45, 7) is 6.41. The van der Waals surface area contributed by atoms with E-state index in [9.17, 15) is 14.4 Å². The van der Waals surface area contributed by atoms with Gasteiger partial charge in [-0.1, -0.05) is 241 Å². The van der Waals surface area contributed by atoms with Gasteiger partial charge in [0.15, 0.2) is 6.10 Å². The minimum Gasteiger partial charge on any atom is -0.462 e. The highest BCUT2D eigenvalue weighted by atomic mass is 16.6. The van der Waals surface area contributed by atoms with Gasteiger partial charge in [-0.2, -0.15) is 0 Å². The van der Waals surface area contributed by atoms with Gasteiger partial charge >= 0.3 is 17.9 Å². The molecule has 65 heavy (non-hydrogen) atoms. The van der Waals surface area contributed by atoms with Gasteiger partial charge in [-0.05, 0) is 77.0 Å². The number of carbonyl (C=O) groups excluding carboxylic acids is 3. The lowest BCUT2D eigenvalue weighted by Gasteiger charge is -2.18. The summed E-state index contributed by atoms with van der Waals surface area (Å²) in [4.78, 5) is 37.5. The van der Waals surface area contributed by atoms with Crippen LogP contribution in [0.4, 0.5) is 0 Å². The molecule has 1 unspecified atom stereocenters. The third-order valence-electron chi connectivity index (χ3n) is 11.4. The van der Waals surface area contributed by atoms with Crippen LogP contribution in [0.15, 0.2) is 85.1 Å². The predicted octanol–water partition coefficient (Wildman–Crippen LogP) is 18.0. The fraction of sp³-hybridized carbons (Fsp3) is 0.712. The molecule has 0 aliphatic rings. The molecule has 0 saturated heterocycles. The van der Waals surface area contributed by atoms with Crippen molar-refractivity contribution < 1.29 is 28.6 Å². The Morgan fingerprint density at radius 3 is 0.938 bits per heavy atom. The van der Waals surface area contributed by atoms with Crippen molar-refractivity contribution in [1.82, 2.24) is 0 Å². The molecule has 0 radical (unpaired) electrons. The maximum atomic E-state index is 12.6. The minimum atomic E-state index is -0.768. The lowest BCUT2D eigenvalue weighted by molar-refractivity contribution is -0.167. The van der Waals surface area contributed by atoms with E-state index >= 15 is 0 Å². The molecular weight excluding hydrogens is 805 g/mol. The van der Waals surface area contributed by atoms with Gasteiger partial charge < -0.3 is 14.2 Å². The monoisotopic (exact) mass is 905 g/mol. The van der Waals surface area contributed by atoms with Gasteiger partial charge in [0.05, 0.1) is 0 Å². The van der Waals surface area contributed by atoms with Crippen molar-refractivity contribution in [2.24, 2.45) is 0 Å². The third kappa shape index (κ3) is 51.4. The Balaban J connectivity index is 3.95. The molecule has 1 atom stereocenters. The second-order valence-corrected chi connectivity index (χ2v) is 17.8. The SMILES string of the molecule is CC/C=C\C/C=C\C/C=C\C/C=C\C/C=C\C/C=C\C/C=C\CCCCCCCCCCCCCC(=O)OCC(COC(=O)CCCCCCC)OC(=O)CCCCCCCCCCC. The standard InChI is InChI=1S/C59H100O6/c1-4-7-10-13-15-17-18-19-20-21-22-23-24-25-26-27-28-29-30-31-32-33-34-35-36-37-38-39-40-42-43-46-49-52-58(61)64-55-56(54-63-57(60)51-48-45-12-9-6-3)65-59(62)53-50-47-44-41-16-14-11-8-5-2/h7,10,15,17,19-20,22-23,25-26,28-29,31-32,56H,4-6,8-9,11-14,16,18,21,24,27,30,33-55H2,1-3H3/b10-7-,17-15-,20-19-,23-22-,26-25-,29-28-,32-31-. The van der Waals surface area contributed by atoms with Gasteiger partial charge in [0.1, 0.15) is 13.2 Å². The summed E-state index contributed by atoms with van der Waals surface area (Å²) in [6, 6.07) is 0. The van der Waals surface area contributed by atoms with Gasteiger partial charge in [0.2, 0.25) is 0 Å². The number of hydrogen-bond acceptors (Lipinski definition) is 6. The second kappa shape index (κ2) is 53.2. The number of esters is 3. The molecule has 0 heterocycles. The lowest BCUT2D eigenvalue weighted by atomic mass is 10.0. The van der Waals surface area contributed by atoms with Crippen molar-refractivity contribution in [3.05, 3.63) is 85.1 Å². The zero-order valence-corrected chi connectivity index (χ0v) is 42.5. The molecule has 0 fully saturated rings. The number of rotatable bonds is 48. The summed E-state index contributed by atoms with van der Waals surface area (Å²) in [6.07, 6.45) is 69.2. The molecule has 0 aliphatic carbocycles. The van der Waals surface area contributed by atoms with Gasteiger partial charge in [-0.3, -0.25) is 14.4 Å². The summed E-state index contributed by atoms with van der Waals surface area (Å²) in [5.74, 6) is -0.895. The molecule has 372 valence electrons. The van der Waals surface area contributed by atoms with Crippen LogP contribution in [0.1, 0.15) is 252 Å². The summed E-state index contributed by atoms with van der Waals surface area (Å²) < 4.78 is 16.6. The van der Waals surface area contributed by atoms with Crippen molar-refractivity contribution in [2.45, 2.75) is 258 Å². The third-order valence-corrected chi connectivity index (χ3v) is 11.4. The first kappa shape index (κ1) is 61.6. The fourth-order valence-electron chi connectivity index (χ4n) is 7.36. The van der Waals surface area contributed by atoms with Gasteiger partial charge in [0.25, 0.3) is 0 Å². The maximum absolute atomic E-state index is 12.6. The van der Waals surface area contributed by atoms with Gasteiger partial charge in [0, 0.05) is 19.3 Å². The van der Waals surface area contributed by atoms with E-state index in [2.05, 4.69) is 106 Å². The molecular formula is C59H100O6. The molecule has 0 bridgehead atoms. The van der Waals surface area contributed by atoms with E-state index in [0.29, 0.717) is 19.3 Å². The van der Waals surface area contributed by atoms with Crippen LogP contribution in [0, 0.1) is 0 Å². The van der Waals surface area contributed by atoms with Gasteiger partial charge in [-0.25, -0.2) is 0 Å². The molecule has 0 spiro atoms. The molecule has 6 nitrogen and oxygen atoms in total. The van der Waals surface area contributed by atoms with E-state index in [1.165, 1.54) is 103 Å². The van der Waals surface area contributed by atoms with Crippen molar-refractivity contribution >= 4 is 17.9 Å². The van der Waals surface area contributed by atoms with E-state index in [1.54, 1.807) is 0 Å². The highest BCUT2D eigenvalue weighted by Crippen LogP contribution is 2.15. The lowest BCUT2D eigenvalue weighted by Crippen LogP contribution is -2.30. The number of hydrogen-bond donors (Lipinski definition) is 0. The second-order valence-electron chi connectivity index (χ2n) is 17.8. The summed E-state index contributed by atoms with van der Waals surface area (Å²) in [5.41, 5.74) is 0. The number of unbranched alkanes of at least 4 members (excludes halogenated alkanes) is 23. The molecule has 0 N–H and O–H groups in total. The van der Waals surface area contributed by atoms with Crippen LogP contribution in [-0.2, 0) is 28.6 Å². The van der Waals surface area contributed by atoms with E-state index < -0.39 is 6.10 Å². The van der Waals surface area contributed by atoms with Crippen LogP contribution in [0.2, 0.25) is 0 Å². The zero-order valence-electron chi connectivity index (χ0n) is 42.5. The summed E-state index contributed by atoms with van der Waals surface area (Å²) in [5, 5.41) is 0. The molecule has 0 aromatic rings. The van der Waals surface area contributed by atoms with Crippen LogP contribution in [0.25, 0.3) is 0 Å². The predicted molar refractivity (Wildman–Crippen MR) is 279 cm³/mol. The molecule has 0 aromatic carbocycles. The Morgan fingerprint density at radius 1 is 0.323 bits per heavy atom. The highest BCUT2D eigenvalue weighted by Gasteiger charge is 2.19. The van der Waals surface area contributed by atoms with Gasteiger partial charge in [-0.15, -0.1) is 0 Å². The maximum Gasteiger partial charge on any atom is 0.306 e. The topological polar surface area (TPSA) is 78.9 Å². The molecule has 0 saturated carbocycles. The normalized spacial score (nSPS) is 12.7. The first-order valence-electron chi connectivity index (χ1n) is 27.1. The number of ether oxygens (including phenoxy) is 3. The number of allylic oxidation sites excluding steroid dienone is 14. The average molecular weight is 905 g/mol. The van der Waals surface area contributed by atoms with Crippen LogP contribution in [0.5, 0.6) is 0 Å². The molecule has 0 amide bonds. The van der Waals surface area contributed by atoms with E-state index in [1.807, 2.05) is 0 Å². The smallest absolute Gasteiger partial charge is 0.306 e. The van der Waals surface area contributed by atoms with Crippen LogP contribution in [-0.4, -0.2) is 37.2 Å². The minimum absolute atomic E-state index is 0.0752. The Bertz CT molecular complexity index is 1270. The molecule has 6 heteroatoms. The van der Waals surface area contributed by atoms with Crippen LogP contribution < -0.4 is 0 Å². The summed E-state index contributed by atoms with van der Waals surface area (Å²) in [7, 11) is 0. The van der Waals surface area contributed by atoms with Crippen molar-refractivity contribution in [1.29, 1.82) is 0 Å². The quantitative estimate of drug-likeness (QED) is 0.0262. The first-order valence-corrected chi connectivity index (χ1v) is 27.1. The first-order chi connectivity index (χ1) is 32.0. The van der Waals surface area contributed by atoms with E-state index in [4.69, 9.17) is 14.2 Å². The Labute approximate surface area is 401 Å². The molecule has 0 aromatic heterocycles. The summed E-state index contributed by atoms with van der Waals surface area (Å²) >= 11 is 0. The van der Waals surface area contributed by atoms with Crippen molar-refractivity contribution in [3.63, 3.8) is 0 Å². The van der Waals surface area contributed by atoms with Crippen LogP contribution >= 0.6 is 0 Å². The fourth-order valence-corrected chi connectivity index (χ4v) is 7.36. The Morgan fingerprint density at radius 2 is 0.600 bits per heavy atom. The Hall–Kier alpha value is -3.41. The largest absolute Gasteiger partial charge is 0.462 e. The Kier molecular flexibility index (Phi) is 50.4. The van der Waals surface area contributed by atoms with Crippen molar-refractivity contribution in [2.75, 3.05) is 13.2 Å². The van der Waals surface area contributed by atoms with Crippen LogP contribution in [0.3, 0.4) is 0 Å². The molecule has 0 rings (SSSR count).